The van der Waals surface area contributed by atoms with Crippen LogP contribution in [0.5, 0.6) is 17.2 Å². The number of aryl methyl sites for hydroxylation is 3. The second kappa shape index (κ2) is 25.4. The van der Waals surface area contributed by atoms with Crippen LogP contribution in [0.3, 0.4) is 0 Å². The Kier molecular flexibility index (Phi) is 18.1. The number of ether oxygens (including phenoxy) is 3. The number of nitrogens with zero attached hydrogens (tertiary/aromatic N) is 2. The van der Waals surface area contributed by atoms with Crippen LogP contribution >= 0.6 is 0 Å². The van der Waals surface area contributed by atoms with Gasteiger partial charge in [-0.2, -0.15) is 0 Å². The first-order valence-electron chi connectivity index (χ1n) is 28.2. The predicted octanol–water partition coefficient (Wildman–Crippen LogP) is 10.5. The molecule has 0 aromatic heterocycles. The first-order chi connectivity index (χ1) is 37.8. The van der Waals surface area contributed by atoms with Crippen LogP contribution in [0.2, 0.25) is 0 Å². The zero-order chi connectivity index (χ0) is 54.9. The molecular weight excluding hydrogens is 983 g/mol. The van der Waals surface area contributed by atoms with E-state index in [4.69, 9.17) is 14.2 Å². The normalized spacial score (nSPS) is 16.8. The average Bonchev–Trinajstić information content (AvgIpc) is 3.99. The van der Waals surface area contributed by atoms with Crippen molar-refractivity contribution in [3.63, 3.8) is 0 Å². The van der Waals surface area contributed by atoms with Gasteiger partial charge in [0, 0.05) is 71.9 Å². The van der Waals surface area contributed by atoms with E-state index in [0.29, 0.717) is 66.2 Å². The maximum atomic E-state index is 14.2. The smallest absolute Gasteiger partial charge is 0.258 e. The van der Waals surface area contributed by atoms with Crippen LogP contribution in [0, 0.1) is 12.8 Å². The number of unbranched alkanes of at least 4 members (excludes halogenated alkanes) is 3. The molecule has 0 fully saturated rings. The lowest BCUT2D eigenvalue weighted by molar-refractivity contribution is -0.129. The molecule has 0 spiro atoms. The zero-order valence-corrected chi connectivity index (χ0v) is 46.0. The van der Waals surface area contributed by atoms with Gasteiger partial charge in [0.1, 0.15) is 24.7 Å². The van der Waals surface area contributed by atoms with Crippen molar-refractivity contribution in [1.29, 1.82) is 0 Å². The van der Waals surface area contributed by atoms with E-state index in [0.717, 1.165) is 104 Å². The number of hydrogen-bond acceptors (Lipinski definition) is 10. The molecule has 5 aromatic carbocycles. The molecule has 0 saturated carbocycles. The summed E-state index contributed by atoms with van der Waals surface area (Å²) >= 11 is 0. The van der Waals surface area contributed by atoms with E-state index in [1.165, 1.54) is 11.1 Å². The molecule has 78 heavy (non-hydrogen) atoms. The van der Waals surface area contributed by atoms with Crippen molar-refractivity contribution in [2.45, 2.75) is 155 Å². The highest BCUT2D eigenvalue weighted by molar-refractivity contribution is 6.10. The fourth-order valence-corrected chi connectivity index (χ4v) is 11.6. The fraction of sp³-hybridized carbons (Fsp3) is 0.438. The van der Waals surface area contributed by atoms with Gasteiger partial charge in [0.05, 0.1) is 13.2 Å². The standard InChI is InChI=1S/C64H75N5O9/c1-6-65-27-15-7-8-18-52(70)19-11-14-22-61(72)66-42(4)57(71)29-41(3)62(73)67-49-31-43(38-77-58-35-45-23-25-50-33-47-16-9-12-20-55(47)68(50)63(74)53(45)28-40(58)2)30-44(32-49)39-78-60-36-46-24-26-51-34-48-17-10-13-21-56(48)69(51)64(75)54(46)37-59(60)76-5/h9-10,12-13,16-17,20-21,28,30-32,35-37,41-42,50-51,65H,6-8,11,14-15,18-19,22-27,29,33-34,38-39H2,1-5H3,(H,66,72)(H,67,73)/t41-,42+,50-,51-/m1/s1. The summed E-state index contributed by atoms with van der Waals surface area (Å²) in [5, 5.41) is 9.12. The van der Waals surface area contributed by atoms with Gasteiger partial charge in [0.2, 0.25) is 11.8 Å². The first-order valence-corrected chi connectivity index (χ1v) is 28.2. The number of Topliss-reactive ketones (excluding diaryl/α,β-unsaturated/α-hetero) is 2. The fourth-order valence-electron chi connectivity index (χ4n) is 11.6. The van der Waals surface area contributed by atoms with Crippen LogP contribution in [0.25, 0.3) is 0 Å². The summed E-state index contributed by atoms with van der Waals surface area (Å²) in [6.07, 6.45) is 9.95. The van der Waals surface area contributed by atoms with Crippen molar-refractivity contribution in [3.8, 4) is 17.2 Å². The number of carbonyl (C=O) groups excluding carboxylic acids is 6. The Morgan fingerprint density at radius 1 is 0.654 bits per heavy atom. The van der Waals surface area contributed by atoms with Crippen molar-refractivity contribution >= 4 is 52.3 Å². The lowest BCUT2D eigenvalue weighted by atomic mass is 9.98. The third-order valence-corrected chi connectivity index (χ3v) is 15.9. The Balaban J connectivity index is 0.863. The maximum absolute atomic E-state index is 14.2. The molecule has 4 amide bonds. The van der Waals surface area contributed by atoms with E-state index in [-0.39, 0.29) is 73.3 Å². The van der Waals surface area contributed by atoms with Crippen molar-refractivity contribution in [2.24, 2.45) is 5.92 Å². The van der Waals surface area contributed by atoms with Crippen LogP contribution < -0.4 is 40.0 Å². The molecule has 9 rings (SSSR count). The second-order valence-corrected chi connectivity index (χ2v) is 21.7. The van der Waals surface area contributed by atoms with E-state index < -0.39 is 12.0 Å². The summed E-state index contributed by atoms with van der Waals surface area (Å²) in [4.78, 5) is 84.6. The molecule has 4 heterocycles. The molecule has 4 aliphatic rings. The number of carbonyl (C=O) groups is 6. The molecule has 0 aliphatic carbocycles. The van der Waals surface area contributed by atoms with Crippen molar-refractivity contribution in [1.82, 2.24) is 10.6 Å². The molecular formula is C64H75N5O9. The molecule has 0 bridgehead atoms. The average molecular weight is 1060 g/mol. The number of benzene rings is 5. The molecule has 410 valence electrons. The minimum Gasteiger partial charge on any atom is -0.493 e. The lowest BCUT2D eigenvalue weighted by Crippen LogP contribution is -2.39. The Labute approximate surface area is 459 Å². The van der Waals surface area contributed by atoms with Crippen molar-refractivity contribution < 1.29 is 43.0 Å². The number of methoxy groups -OCH3 is 1. The molecule has 4 atom stereocenters. The molecule has 5 aromatic rings. The van der Waals surface area contributed by atoms with Gasteiger partial charge >= 0.3 is 0 Å². The Hall–Kier alpha value is -7.32. The van der Waals surface area contributed by atoms with E-state index in [1.807, 2.05) is 89.5 Å². The minimum absolute atomic E-state index is 0.00679. The second-order valence-electron chi connectivity index (χ2n) is 21.7. The number of fused-ring (bicyclic) bond motifs is 8. The van der Waals surface area contributed by atoms with E-state index in [9.17, 15) is 28.8 Å². The predicted molar refractivity (Wildman–Crippen MR) is 303 cm³/mol. The lowest BCUT2D eigenvalue weighted by Gasteiger charge is -2.23. The number of anilines is 3. The highest BCUT2D eigenvalue weighted by Gasteiger charge is 2.39. The number of nitrogens with one attached hydrogen (secondary N) is 3. The Bertz CT molecular complexity index is 3060. The minimum atomic E-state index is -0.791. The zero-order valence-electron chi connectivity index (χ0n) is 46.0. The Morgan fingerprint density at radius 2 is 1.22 bits per heavy atom. The summed E-state index contributed by atoms with van der Waals surface area (Å²) < 4.78 is 18.9. The van der Waals surface area contributed by atoms with Gasteiger partial charge in [-0.15, -0.1) is 0 Å². The largest absolute Gasteiger partial charge is 0.493 e. The third kappa shape index (κ3) is 13.0. The molecule has 0 radical (unpaired) electrons. The highest BCUT2D eigenvalue weighted by atomic mass is 16.5. The maximum Gasteiger partial charge on any atom is 0.258 e. The summed E-state index contributed by atoms with van der Waals surface area (Å²) in [7, 11) is 1.56. The molecule has 0 unspecified atom stereocenters. The topological polar surface area (TPSA) is 173 Å². The van der Waals surface area contributed by atoms with Gasteiger partial charge < -0.3 is 40.0 Å². The van der Waals surface area contributed by atoms with Gasteiger partial charge in [0.15, 0.2) is 17.3 Å². The highest BCUT2D eigenvalue weighted by Crippen LogP contribution is 2.42. The third-order valence-electron chi connectivity index (χ3n) is 15.9. The van der Waals surface area contributed by atoms with Gasteiger partial charge in [-0.3, -0.25) is 28.8 Å². The first kappa shape index (κ1) is 55.4. The molecule has 14 heteroatoms. The van der Waals surface area contributed by atoms with Crippen LogP contribution in [-0.2, 0) is 58.1 Å². The SMILES string of the molecule is CCNCCCCCC(=O)CCCCC(=O)N[C@@H](C)C(=O)C[C@@H](C)C(=O)Nc1cc(COc2cc3c(cc2C)C(=O)N2c4ccccc4C[C@H]2CC3)cc(COc2cc3c(cc2OC)C(=O)N2c4ccccc4C[C@H]2CC3)c1. The van der Waals surface area contributed by atoms with E-state index in [2.05, 4.69) is 35.0 Å². The quantitative estimate of drug-likeness (QED) is 0.0478. The number of para-hydroxylation sites is 2. The summed E-state index contributed by atoms with van der Waals surface area (Å²) in [6.45, 7) is 9.47. The summed E-state index contributed by atoms with van der Waals surface area (Å²) in [6, 6.07) is 28.8. The summed E-state index contributed by atoms with van der Waals surface area (Å²) in [5.74, 6) is 0.112. The number of amides is 4. The molecule has 4 aliphatic heterocycles. The van der Waals surface area contributed by atoms with Crippen LogP contribution in [-0.4, -0.2) is 73.5 Å². The van der Waals surface area contributed by atoms with Crippen LogP contribution in [0.4, 0.5) is 17.1 Å². The monoisotopic (exact) mass is 1060 g/mol. The summed E-state index contributed by atoms with van der Waals surface area (Å²) in [5.41, 5.74) is 10.2. The van der Waals surface area contributed by atoms with Gasteiger partial charge in [-0.05, 0) is 185 Å². The number of hydrogen-bond donors (Lipinski definition) is 3. The molecule has 14 nitrogen and oxygen atoms in total. The van der Waals surface area contributed by atoms with Gasteiger partial charge in [-0.1, -0.05) is 56.7 Å². The van der Waals surface area contributed by atoms with Gasteiger partial charge in [-0.25, -0.2) is 0 Å². The van der Waals surface area contributed by atoms with Crippen LogP contribution in [0.15, 0.2) is 91.0 Å². The van der Waals surface area contributed by atoms with Crippen LogP contribution in [0.1, 0.15) is 151 Å². The van der Waals surface area contributed by atoms with Crippen molar-refractivity contribution in [2.75, 3.05) is 35.3 Å². The molecule has 0 saturated heterocycles. The van der Waals surface area contributed by atoms with Crippen molar-refractivity contribution in [3.05, 3.63) is 141 Å². The number of ketones is 2. The van der Waals surface area contributed by atoms with E-state index >= 15 is 0 Å². The van der Waals surface area contributed by atoms with Gasteiger partial charge in [0.25, 0.3) is 11.8 Å². The van der Waals surface area contributed by atoms with E-state index in [1.54, 1.807) is 27.0 Å². The molecule has 3 N–H and O–H groups in total. The number of rotatable bonds is 25. The Morgan fingerprint density at radius 3 is 1.83 bits per heavy atom.